The Kier molecular flexibility index (Phi) is 4.40. The topological polar surface area (TPSA) is 77.9 Å². The van der Waals surface area contributed by atoms with E-state index < -0.39 is 11.9 Å². The molecule has 2 rings (SSSR count). The molecule has 0 radical (unpaired) electrons. The van der Waals surface area contributed by atoms with Crippen LogP contribution in [0.4, 0.5) is 0 Å². The molecule has 0 amide bonds. The van der Waals surface area contributed by atoms with Crippen LogP contribution in [0.15, 0.2) is 12.1 Å². The predicted molar refractivity (Wildman–Crippen MR) is 81.7 cm³/mol. The minimum atomic E-state index is -0.654. The van der Waals surface area contributed by atoms with Crippen LogP contribution in [0, 0.1) is 6.92 Å². The summed E-state index contributed by atoms with van der Waals surface area (Å²) in [6, 6.07) is 3.51. The fourth-order valence-corrected chi connectivity index (χ4v) is 2.52. The average Bonchev–Trinajstić information content (AvgIpc) is 2.52. The third-order valence-electron chi connectivity index (χ3n) is 3.71. The fourth-order valence-electron chi connectivity index (χ4n) is 2.52. The number of hydrogen-bond acceptors (Lipinski definition) is 6. The zero-order chi connectivity index (χ0) is 16.4. The van der Waals surface area contributed by atoms with E-state index in [2.05, 4.69) is 4.98 Å². The van der Waals surface area contributed by atoms with Gasteiger partial charge in [-0.25, -0.2) is 4.98 Å². The minimum absolute atomic E-state index is 0.185. The number of aromatic nitrogens is 1. The number of carbonyl (C=O) groups excluding carboxylic acids is 1. The SMILES string of the molecule is COC(=O)C(C)c1c(O)nc(C)c2cc(OC)c(OC)cc12. The molecular weight excluding hydrogens is 286 g/mol. The second-order valence-corrected chi connectivity index (χ2v) is 4.93. The van der Waals surface area contributed by atoms with E-state index >= 15 is 0 Å². The van der Waals surface area contributed by atoms with Crippen molar-refractivity contribution >= 4 is 16.7 Å². The summed E-state index contributed by atoms with van der Waals surface area (Å²) in [4.78, 5) is 16.0. The Labute approximate surface area is 128 Å². The van der Waals surface area contributed by atoms with Gasteiger partial charge in [0.25, 0.3) is 0 Å². The normalized spacial score (nSPS) is 12.0. The number of rotatable bonds is 4. The largest absolute Gasteiger partial charge is 0.493 e. The van der Waals surface area contributed by atoms with E-state index in [0.29, 0.717) is 28.1 Å². The van der Waals surface area contributed by atoms with Crippen LogP contribution >= 0.6 is 0 Å². The van der Waals surface area contributed by atoms with Gasteiger partial charge in [0.1, 0.15) is 0 Å². The summed E-state index contributed by atoms with van der Waals surface area (Å²) in [5.41, 5.74) is 1.04. The van der Waals surface area contributed by atoms with Gasteiger partial charge in [0.2, 0.25) is 5.88 Å². The zero-order valence-corrected chi connectivity index (χ0v) is 13.3. The lowest BCUT2D eigenvalue weighted by Crippen LogP contribution is -2.12. The van der Waals surface area contributed by atoms with Crippen molar-refractivity contribution in [2.24, 2.45) is 0 Å². The number of esters is 1. The molecule has 1 unspecified atom stereocenters. The predicted octanol–water partition coefficient (Wildman–Crippen LogP) is 2.54. The van der Waals surface area contributed by atoms with Crippen LogP contribution in [0.2, 0.25) is 0 Å². The van der Waals surface area contributed by atoms with Gasteiger partial charge in [-0.2, -0.15) is 0 Å². The van der Waals surface area contributed by atoms with Gasteiger partial charge < -0.3 is 19.3 Å². The van der Waals surface area contributed by atoms with Gasteiger partial charge >= 0.3 is 5.97 Å². The smallest absolute Gasteiger partial charge is 0.313 e. The molecule has 22 heavy (non-hydrogen) atoms. The molecule has 1 atom stereocenters. The Morgan fingerprint density at radius 1 is 1.14 bits per heavy atom. The zero-order valence-electron chi connectivity index (χ0n) is 13.3. The minimum Gasteiger partial charge on any atom is -0.493 e. The van der Waals surface area contributed by atoms with Crippen molar-refractivity contribution in [2.75, 3.05) is 21.3 Å². The lowest BCUT2D eigenvalue weighted by atomic mass is 9.94. The first-order valence-electron chi connectivity index (χ1n) is 6.77. The molecule has 0 aliphatic heterocycles. The molecule has 1 aromatic heterocycles. The molecule has 1 aromatic carbocycles. The molecule has 0 aliphatic rings. The number of hydrogen-bond donors (Lipinski definition) is 1. The number of nitrogens with zero attached hydrogens (tertiary/aromatic N) is 1. The Morgan fingerprint density at radius 3 is 2.18 bits per heavy atom. The molecule has 0 fully saturated rings. The molecule has 1 N–H and O–H groups in total. The maximum Gasteiger partial charge on any atom is 0.313 e. The highest BCUT2D eigenvalue weighted by molar-refractivity contribution is 5.95. The first-order chi connectivity index (χ1) is 10.4. The molecule has 0 saturated carbocycles. The van der Waals surface area contributed by atoms with E-state index in [9.17, 15) is 9.90 Å². The van der Waals surface area contributed by atoms with Crippen molar-refractivity contribution in [1.29, 1.82) is 0 Å². The van der Waals surface area contributed by atoms with Crippen LogP contribution < -0.4 is 9.47 Å². The van der Waals surface area contributed by atoms with Crippen LogP contribution in [-0.4, -0.2) is 37.4 Å². The second kappa shape index (κ2) is 6.09. The maximum atomic E-state index is 11.9. The van der Waals surface area contributed by atoms with Gasteiger partial charge in [-0.3, -0.25) is 4.79 Å². The van der Waals surface area contributed by atoms with Crippen molar-refractivity contribution in [2.45, 2.75) is 19.8 Å². The Balaban J connectivity index is 2.83. The van der Waals surface area contributed by atoms with E-state index in [1.54, 1.807) is 33.1 Å². The lowest BCUT2D eigenvalue weighted by molar-refractivity contribution is -0.142. The number of aryl methyl sites for hydroxylation is 1. The average molecular weight is 305 g/mol. The van der Waals surface area contributed by atoms with Gasteiger partial charge in [-0.1, -0.05) is 0 Å². The number of methoxy groups -OCH3 is 3. The van der Waals surface area contributed by atoms with Crippen LogP contribution in [0.3, 0.4) is 0 Å². The molecule has 2 aromatic rings. The van der Waals surface area contributed by atoms with E-state index in [4.69, 9.17) is 14.2 Å². The summed E-state index contributed by atoms with van der Waals surface area (Å²) in [6.07, 6.45) is 0. The third kappa shape index (κ3) is 2.52. The number of carbonyl (C=O) groups is 1. The molecule has 0 bridgehead atoms. The number of pyridine rings is 1. The Hall–Kier alpha value is -2.50. The summed E-state index contributed by atoms with van der Waals surface area (Å²) in [5, 5.41) is 11.7. The van der Waals surface area contributed by atoms with E-state index in [1.807, 2.05) is 0 Å². The lowest BCUT2D eigenvalue weighted by Gasteiger charge is -2.17. The molecule has 118 valence electrons. The highest BCUT2D eigenvalue weighted by Gasteiger charge is 2.25. The van der Waals surface area contributed by atoms with E-state index in [0.717, 1.165) is 5.39 Å². The number of aromatic hydroxyl groups is 1. The van der Waals surface area contributed by atoms with E-state index in [1.165, 1.54) is 14.2 Å². The second-order valence-electron chi connectivity index (χ2n) is 4.93. The summed E-state index contributed by atoms with van der Waals surface area (Å²) in [7, 11) is 4.38. The highest BCUT2D eigenvalue weighted by Crippen LogP contribution is 2.39. The summed E-state index contributed by atoms with van der Waals surface area (Å²) >= 11 is 0. The Bertz CT molecular complexity index is 726. The molecule has 0 spiro atoms. The van der Waals surface area contributed by atoms with Crippen LogP contribution in [0.25, 0.3) is 10.8 Å². The Morgan fingerprint density at radius 2 is 1.68 bits per heavy atom. The molecule has 1 heterocycles. The number of fused-ring (bicyclic) bond motifs is 1. The molecule has 6 heteroatoms. The van der Waals surface area contributed by atoms with Gasteiger partial charge in [-0.15, -0.1) is 0 Å². The molecule has 6 nitrogen and oxygen atoms in total. The van der Waals surface area contributed by atoms with Crippen LogP contribution in [0.5, 0.6) is 17.4 Å². The van der Waals surface area contributed by atoms with Crippen molar-refractivity contribution < 1.29 is 24.1 Å². The first kappa shape index (κ1) is 15.9. The fraction of sp³-hybridized carbons (Fsp3) is 0.375. The number of benzene rings is 1. The van der Waals surface area contributed by atoms with Crippen LogP contribution in [-0.2, 0) is 9.53 Å². The molecular formula is C16H19NO5. The van der Waals surface area contributed by atoms with Crippen molar-refractivity contribution in [3.8, 4) is 17.4 Å². The summed E-state index contributed by atoms with van der Waals surface area (Å²) in [5.74, 6) is -0.216. The first-order valence-corrected chi connectivity index (χ1v) is 6.77. The summed E-state index contributed by atoms with van der Waals surface area (Å²) < 4.78 is 15.4. The monoisotopic (exact) mass is 305 g/mol. The van der Waals surface area contributed by atoms with Crippen molar-refractivity contribution in [3.63, 3.8) is 0 Å². The third-order valence-corrected chi connectivity index (χ3v) is 3.71. The van der Waals surface area contributed by atoms with Gasteiger partial charge in [-0.05, 0) is 31.4 Å². The summed E-state index contributed by atoms with van der Waals surface area (Å²) in [6.45, 7) is 3.44. The van der Waals surface area contributed by atoms with Gasteiger partial charge in [0, 0.05) is 16.6 Å². The van der Waals surface area contributed by atoms with Gasteiger partial charge in [0.15, 0.2) is 11.5 Å². The van der Waals surface area contributed by atoms with Gasteiger partial charge in [0.05, 0.1) is 27.2 Å². The number of ether oxygens (including phenoxy) is 3. The van der Waals surface area contributed by atoms with Crippen molar-refractivity contribution in [3.05, 3.63) is 23.4 Å². The molecule has 0 saturated heterocycles. The highest BCUT2D eigenvalue weighted by atomic mass is 16.5. The van der Waals surface area contributed by atoms with Crippen molar-refractivity contribution in [1.82, 2.24) is 4.98 Å². The standard InChI is InChI=1S/C16H19NO5/c1-8(16(19)22-5)14-11-7-13(21-4)12(20-3)6-10(11)9(2)17-15(14)18/h6-8H,1-5H3,(H,17,18). The maximum absolute atomic E-state index is 11.9. The van der Waals surface area contributed by atoms with E-state index in [-0.39, 0.29) is 5.88 Å². The van der Waals surface area contributed by atoms with Crippen LogP contribution in [0.1, 0.15) is 24.1 Å². The quantitative estimate of drug-likeness (QED) is 0.875. The molecule has 0 aliphatic carbocycles.